The zero-order valence-corrected chi connectivity index (χ0v) is 21.5. The van der Waals surface area contributed by atoms with Gasteiger partial charge >= 0.3 is 5.69 Å². The molecule has 0 atom stereocenters. The molecule has 0 radical (unpaired) electrons. The molecule has 0 aliphatic carbocycles. The monoisotopic (exact) mass is 478 g/mol. The molecule has 1 aliphatic heterocycles. The van der Waals surface area contributed by atoms with Crippen LogP contribution >= 0.6 is 0 Å². The maximum atomic E-state index is 12.3. The highest BCUT2D eigenvalue weighted by atomic mass is 16.3. The number of nitrogens with zero attached hydrogens (tertiary/aromatic N) is 6. The van der Waals surface area contributed by atoms with Gasteiger partial charge < -0.3 is 9.32 Å². The molecule has 3 aromatic heterocycles. The summed E-state index contributed by atoms with van der Waals surface area (Å²) >= 11 is 0. The smallest absolute Gasteiger partial charge is 0.348 e. The van der Waals surface area contributed by atoms with Gasteiger partial charge in [-0.15, -0.1) is 0 Å². The summed E-state index contributed by atoms with van der Waals surface area (Å²) in [5.74, 6) is 2.62. The summed E-state index contributed by atoms with van der Waals surface area (Å²) in [5, 5.41) is 0. The summed E-state index contributed by atoms with van der Waals surface area (Å²) in [5.41, 5.74) is 1.44. The van der Waals surface area contributed by atoms with E-state index in [-0.39, 0.29) is 11.1 Å². The van der Waals surface area contributed by atoms with Gasteiger partial charge in [0.05, 0.1) is 6.26 Å². The second-order valence-corrected chi connectivity index (χ2v) is 10.3. The van der Waals surface area contributed by atoms with Crippen LogP contribution in [0.2, 0.25) is 0 Å². The first-order valence-electron chi connectivity index (χ1n) is 12.8. The molecule has 1 fully saturated rings. The van der Waals surface area contributed by atoms with Crippen molar-refractivity contribution in [3.05, 3.63) is 58.7 Å². The molecule has 0 aromatic carbocycles. The van der Waals surface area contributed by atoms with Crippen LogP contribution in [0.4, 0.5) is 5.82 Å². The lowest BCUT2D eigenvalue weighted by Gasteiger charge is -2.36. The van der Waals surface area contributed by atoms with E-state index in [9.17, 15) is 4.79 Å². The Balaban J connectivity index is 1.25. The Morgan fingerprint density at radius 2 is 1.77 bits per heavy atom. The minimum Gasteiger partial charge on any atom is -0.463 e. The van der Waals surface area contributed by atoms with Crippen molar-refractivity contribution < 1.29 is 4.42 Å². The molecule has 0 bridgehead atoms. The van der Waals surface area contributed by atoms with Gasteiger partial charge in [0.2, 0.25) is 0 Å². The minimum atomic E-state index is -0.227. The van der Waals surface area contributed by atoms with Gasteiger partial charge in [-0.1, -0.05) is 34.1 Å². The van der Waals surface area contributed by atoms with Gasteiger partial charge in [-0.25, -0.2) is 14.8 Å². The minimum absolute atomic E-state index is 0.0586. The number of hydrogen-bond acceptors (Lipinski definition) is 7. The maximum absolute atomic E-state index is 12.3. The standard InChI is InChI=1S/C27H38N6O2/c1-5-9-21-20-24(30-25(28-21)27(2,3)4)32-17-15-31(16-18-32)12-6-7-13-33-14-11-22(29-26(33)34)23-10-8-19-35-23/h8,10-11,14,19-20H,5-7,9,12-13,15-18H2,1-4H3. The average molecular weight is 479 g/mol. The number of aryl methyl sites for hydroxylation is 2. The molecule has 1 aliphatic rings. The summed E-state index contributed by atoms with van der Waals surface area (Å²) in [7, 11) is 0. The molecular weight excluding hydrogens is 440 g/mol. The fraction of sp³-hybridized carbons (Fsp3) is 0.556. The largest absolute Gasteiger partial charge is 0.463 e. The summed E-state index contributed by atoms with van der Waals surface area (Å²) in [4.78, 5) is 31.1. The highest BCUT2D eigenvalue weighted by Gasteiger charge is 2.23. The first kappa shape index (κ1) is 25.1. The van der Waals surface area contributed by atoms with Crippen molar-refractivity contribution in [1.29, 1.82) is 0 Å². The van der Waals surface area contributed by atoms with Gasteiger partial charge in [0.1, 0.15) is 17.3 Å². The third-order valence-corrected chi connectivity index (χ3v) is 6.41. The topological polar surface area (TPSA) is 80.3 Å². The van der Waals surface area contributed by atoms with Crippen molar-refractivity contribution in [2.75, 3.05) is 37.6 Å². The van der Waals surface area contributed by atoms with Gasteiger partial charge in [0, 0.05) is 56.1 Å². The third-order valence-electron chi connectivity index (χ3n) is 6.41. The number of unbranched alkanes of at least 4 members (excludes halogenated alkanes) is 1. The number of furan rings is 1. The number of aromatic nitrogens is 4. The predicted octanol–water partition coefficient (Wildman–Crippen LogP) is 4.15. The van der Waals surface area contributed by atoms with Crippen LogP contribution in [-0.4, -0.2) is 57.1 Å². The molecule has 8 heteroatoms. The van der Waals surface area contributed by atoms with Crippen LogP contribution in [0.25, 0.3) is 11.5 Å². The van der Waals surface area contributed by atoms with Crippen molar-refractivity contribution in [2.45, 2.75) is 65.3 Å². The molecule has 0 N–H and O–H groups in total. The average Bonchev–Trinajstić information content (AvgIpc) is 3.38. The maximum Gasteiger partial charge on any atom is 0.348 e. The van der Waals surface area contributed by atoms with E-state index in [1.165, 1.54) is 0 Å². The molecule has 4 rings (SSSR count). The fourth-order valence-electron chi connectivity index (χ4n) is 4.34. The lowest BCUT2D eigenvalue weighted by molar-refractivity contribution is 0.250. The van der Waals surface area contributed by atoms with E-state index in [1.807, 2.05) is 18.3 Å². The second kappa shape index (κ2) is 11.2. The highest BCUT2D eigenvalue weighted by molar-refractivity contribution is 5.50. The van der Waals surface area contributed by atoms with Crippen molar-refractivity contribution in [3.63, 3.8) is 0 Å². The van der Waals surface area contributed by atoms with Crippen molar-refractivity contribution >= 4 is 5.82 Å². The molecular formula is C27H38N6O2. The number of hydrogen-bond donors (Lipinski definition) is 0. The van der Waals surface area contributed by atoms with E-state index in [2.05, 4.69) is 48.5 Å². The second-order valence-electron chi connectivity index (χ2n) is 10.3. The first-order valence-corrected chi connectivity index (χ1v) is 12.8. The summed E-state index contributed by atoms with van der Waals surface area (Å²) in [6, 6.07) is 7.62. The van der Waals surface area contributed by atoms with E-state index < -0.39 is 0 Å². The Hall–Kier alpha value is -3.00. The molecule has 188 valence electrons. The van der Waals surface area contributed by atoms with Crippen molar-refractivity contribution in [2.24, 2.45) is 0 Å². The Labute approximate surface area is 208 Å². The van der Waals surface area contributed by atoms with Gasteiger partial charge in [-0.3, -0.25) is 9.47 Å². The Morgan fingerprint density at radius 3 is 2.43 bits per heavy atom. The molecule has 0 saturated carbocycles. The molecule has 3 aromatic rings. The first-order chi connectivity index (χ1) is 16.8. The predicted molar refractivity (Wildman–Crippen MR) is 139 cm³/mol. The van der Waals surface area contributed by atoms with Crippen LogP contribution in [0.1, 0.15) is 58.5 Å². The van der Waals surface area contributed by atoms with Gasteiger partial charge in [0.25, 0.3) is 0 Å². The lowest BCUT2D eigenvalue weighted by atomic mass is 9.95. The van der Waals surface area contributed by atoms with Crippen LogP contribution < -0.4 is 10.6 Å². The van der Waals surface area contributed by atoms with E-state index in [1.54, 1.807) is 16.9 Å². The van der Waals surface area contributed by atoms with Gasteiger partial charge in [0.15, 0.2) is 5.76 Å². The quantitative estimate of drug-likeness (QED) is 0.428. The molecule has 0 unspecified atom stereocenters. The molecule has 0 amide bonds. The van der Waals surface area contributed by atoms with Crippen LogP contribution in [0.15, 0.2) is 45.9 Å². The van der Waals surface area contributed by atoms with E-state index in [0.29, 0.717) is 18.0 Å². The van der Waals surface area contributed by atoms with Crippen LogP contribution in [0.3, 0.4) is 0 Å². The van der Waals surface area contributed by atoms with Crippen LogP contribution in [-0.2, 0) is 18.4 Å². The molecule has 8 nitrogen and oxygen atoms in total. The SMILES string of the molecule is CCCc1cc(N2CCN(CCCCn3ccc(-c4ccco4)nc3=O)CC2)nc(C(C)(C)C)n1. The third kappa shape index (κ3) is 6.57. The van der Waals surface area contributed by atoms with Crippen LogP contribution in [0, 0.1) is 0 Å². The Morgan fingerprint density at radius 1 is 1.00 bits per heavy atom. The number of rotatable bonds is 9. The van der Waals surface area contributed by atoms with Crippen molar-refractivity contribution in [3.8, 4) is 11.5 Å². The lowest BCUT2D eigenvalue weighted by Crippen LogP contribution is -2.47. The molecule has 35 heavy (non-hydrogen) atoms. The van der Waals surface area contributed by atoms with E-state index in [0.717, 1.165) is 75.7 Å². The van der Waals surface area contributed by atoms with Gasteiger partial charge in [-0.2, -0.15) is 4.98 Å². The van der Waals surface area contributed by atoms with Crippen LogP contribution in [0.5, 0.6) is 0 Å². The highest BCUT2D eigenvalue weighted by Crippen LogP contribution is 2.23. The Bertz CT molecular complexity index is 1140. The molecule has 1 saturated heterocycles. The Kier molecular flexibility index (Phi) is 8.00. The summed E-state index contributed by atoms with van der Waals surface area (Å²) in [6.45, 7) is 14.5. The molecule has 4 heterocycles. The van der Waals surface area contributed by atoms with Gasteiger partial charge in [-0.05, 0) is 44.0 Å². The zero-order chi connectivity index (χ0) is 24.8. The molecule has 0 spiro atoms. The fourth-order valence-corrected chi connectivity index (χ4v) is 4.34. The summed E-state index contributed by atoms with van der Waals surface area (Å²) < 4.78 is 7.01. The van der Waals surface area contributed by atoms with E-state index in [4.69, 9.17) is 14.4 Å². The zero-order valence-electron chi connectivity index (χ0n) is 21.5. The van der Waals surface area contributed by atoms with E-state index >= 15 is 0 Å². The normalized spacial score (nSPS) is 15.0. The van der Waals surface area contributed by atoms with Crippen molar-refractivity contribution in [1.82, 2.24) is 24.4 Å². The number of piperazine rings is 1. The number of anilines is 1. The summed E-state index contributed by atoms with van der Waals surface area (Å²) in [6.07, 6.45) is 7.47.